The molecule has 0 aliphatic heterocycles. The lowest BCUT2D eigenvalue weighted by atomic mass is 10.1. The summed E-state index contributed by atoms with van der Waals surface area (Å²) in [7, 11) is 9.82. The molecule has 2 aromatic heterocycles. The lowest BCUT2D eigenvalue weighted by Gasteiger charge is -2.12. The van der Waals surface area contributed by atoms with Crippen molar-refractivity contribution in [2.24, 2.45) is 0 Å². The van der Waals surface area contributed by atoms with E-state index in [2.05, 4.69) is 33.9 Å². The number of likely N-dealkylation sites (N-methyl/N-ethyl adjacent to an activating group) is 1. The minimum atomic E-state index is -0.162. The van der Waals surface area contributed by atoms with Gasteiger partial charge in [0.2, 0.25) is 0 Å². The molecule has 0 saturated heterocycles. The summed E-state index contributed by atoms with van der Waals surface area (Å²) >= 11 is 1.67. The zero-order chi connectivity index (χ0) is 21.8. The van der Waals surface area contributed by atoms with E-state index in [4.69, 9.17) is 4.98 Å². The first-order valence-electron chi connectivity index (χ1n) is 9.93. The monoisotopic (exact) mass is 427 g/mol. The molecule has 0 amide bonds. The first-order chi connectivity index (χ1) is 14.3. The van der Waals surface area contributed by atoms with Gasteiger partial charge >= 0.3 is 0 Å². The van der Waals surface area contributed by atoms with Gasteiger partial charge in [0.1, 0.15) is 11.6 Å². The smallest absolute Gasteiger partial charge is 0.128 e. The van der Waals surface area contributed by atoms with Crippen molar-refractivity contribution in [1.82, 2.24) is 19.2 Å². The van der Waals surface area contributed by atoms with Crippen molar-refractivity contribution in [3.8, 4) is 11.1 Å². The van der Waals surface area contributed by atoms with E-state index in [1.165, 1.54) is 0 Å². The van der Waals surface area contributed by atoms with Crippen LogP contribution in [-0.4, -0.2) is 55.6 Å². The molecule has 5 nitrogen and oxygen atoms in total. The molecular weight excluding hydrogens is 397 g/mol. The highest BCUT2D eigenvalue weighted by Crippen LogP contribution is 2.36. The molecule has 0 aliphatic rings. The minimum absolute atomic E-state index is 0.162. The largest absolute Gasteiger partial charge is 0.363 e. The third-order valence-corrected chi connectivity index (χ3v) is 5.69. The predicted molar refractivity (Wildman–Crippen MR) is 127 cm³/mol. The molecule has 0 fully saturated rings. The van der Waals surface area contributed by atoms with Crippen molar-refractivity contribution < 1.29 is 4.39 Å². The molecule has 0 aliphatic carbocycles. The highest BCUT2D eigenvalue weighted by molar-refractivity contribution is 7.97. The van der Waals surface area contributed by atoms with Crippen LogP contribution in [-0.2, 0) is 6.54 Å². The minimum Gasteiger partial charge on any atom is -0.363 e. The lowest BCUT2D eigenvalue weighted by Crippen LogP contribution is -2.10. The van der Waals surface area contributed by atoms with Crippen LogP contribution in [0.5, 0.6) is 0 Å². The quantitative estimate of drug-likeness (QED) is 0.527. The molecular formula is C23H30FN5S. The molecule has 3 rings (SSSR count). The number of anilines is 1. The van der Waals surface area contributed by atoms with E-state index in [0.29, 0.717) is 6.54 Å². The maximum Gasteiger partial charge on any atom is 0.128 e. The number of rotatable bonds is 8. The van der Waals surface area contributed by atoms with E-state index in [1.807, 2.05) is 63.8 Å². The van der Waals surface area contributed by atoms with Gasteiger partial charge < -0.3 is 14.8 Å². The van der Waals surface area contributed by atoms with Gasteiger partial charge in [-0.1, -0.05) is 12.1 Å². The second-order valence-electron chi connectivity index (χ2n) is 7.62. The first-order valence-corrected chi connectivity index (χ1v) is 10.7. The van der Waals surface area contributed by atoms with Crippen LogP contribution in [0.1, 0.15) is 5.69 Å². The number of hydrogen-bond acceptors (Lipinski definition) is 5. The molecule has 7 heteroatoms. The van der Waals surface area contributed by atoms with E-state index in [9.17, 15) is 4.39 Å². The molecule has 0 atom stereocenters. The van der Waals surface area contributed by atoms with E-state index < -0.39 is 0 Å². The lowest BCUT2D eigenvalue weighted by molar-refractivity contribution is 0.553. The summed E-state index contributed by atoms with van der Waals surface area (Å²) < 4.78 is 18.7. The number of benzene rings is 1. The molecule has 0 spiro atoms. The van der Waals surface area contributed by atoms with Gasteiger partial charge in [0.15, 0.2) is 0 Å². The maximum absolute atomic E-state index is 14.6. The molecule has 0 bridgehead atoms. The second-order valence-corrected chi connectivity index (χ2v) is 9.00. The van der Waals surface area contributed by atoms with Crippen molar-refractivity contribution in [3.05, 3.63) is 54.0 Å². The van der Waals surface area contributed by atoms with Gasteiger partial charge in [0, 0.05) is 36.8 Å². The number of pyridine rings is 1. The Morgan fingerprint density at radius 2 is 1.97 bits per heavy atom. The Bertz CT molecular complexity index is 1060. The fourth-order valence-corrected chi connectivity index (χ4v) is 4.22. The Hall–Kier alpha value is -2.35. The van der Waals surface area contributed by atoms with Crippen molar-refractivity contribution in [1.29, 1.82) is 0 Å². The molecule has 3 aromatic rings. The first kappa shape index (κ1) is 22.3. The summed E-state index contributed by atoms with van der Waals surface area (Å²) in [6.07, 6.45) is 1.58. The van der Waals surface area contributed by atoms with Crippen LogP contribution in [0.3, 0.4) is 0 Å². The predicted octanol–water partition coefficient (Wildman–Crippen LogP) is 4.72. The molecule has 2 heterocycles. The van der Waals surface area contributed by atoms with Crippen LogP contribution >= 0.6 is 11.9 Å². The fraction of sp³-hybridized carbons (Fsp3) is 0.348. The summed E-state index contributed by atoms with van der Waals surface area (Å²) in [6.45, 7) is 2.74. The standard InChI is InChI=1S/C23H30FN5S/c1-16-22(17-8-7-9-19(14-17)30-28(5)6)23-20(10-11-21(26-23)27(3)4)29(16)15-18(24)12-13-25-2/h7-12,14,25H,13,15H2,1-6H3/b18-12-. The van der Waals surface area contributed by atoms with E-state index in [-0.39, 0.29) is 12.4 Å². The van der Waals surface area contributed by atoms with Gasteiger partial charge in [0.05, 0.1) is 17.6 Å². The normalized spacial score (nSPS) is 12.2. The van der Waals surface area contributed by atoms with Crippen LogP contribution in [0.15, 0.2) is 53.2 Å². The van der Waals surface area contributed by atoms with E-state index in [0.717, 1.165) is 38.6 Å². The van der Waals surface area contributed by atoms with Gasteiger partial charge in [-0.05, 0) is 75.9 Å². The summed E-state index contributed by atoms with van der Waals surface area (Å²) in [6, 6.07) is 12.5. The maximum atomic E-state index is 14.6. The molecule has 0 radical (unpaired) electrons. The van der Waals surface area contributed by atoms with Gasteiger partial charge in [-0.3, -0.25) is 4.31 Å². The number of allylic oxidation sites excluding steroid dienone is 1. The molecule has 30 heavy (non-hydrogen) atoms. The second kappa shape index (κ2) is 9.64. The van der Waals surface area contributed by atoms with Crippen molar-refractivity contribution >= 4 is 28.8 Å². The van der Waals surface area contributed by atoms with Crippen molar-refractivity contribution in [2.75, 3.05) is 46.7 Å². The summed E-state index contributed by atoms with van der Waals surface area (Å²) in [5.41, 5.74) is 4.98. The number of nitrogens with one attached hydrogen (secondary N) is 1. The van der Waals surface area contributed by atoms with Crippen LogP contribution in [0.2, 0.25) is 0 Å². The average molecular weight is 428 g/mol. The van der Waals surface area contributed by atoms with Crippen molar-refractivity contribution in [3.63, 3.8) is 0 Å². The molecule has 1 aromatic carbocycles. The number of nitrogens with zero attached hydrogens (tertiary/aromatic N) is 4. The number of hydrogen-bond donors (Lipinski definition) is 1. The molecule has 1 N–H and O–H groups in total. The SMILES string of the molecule is CNC/C=C(\F)Cn1c(C)c(-c2cccc(SN(C)C)c2)c2nc(N(C)C)ccc21. The zero-order valence-electron chi connectivity index (χ0n) is 18.5. The number of aromatic nitrogens is 2. The highest BCUT2D eigenvalue weighted by Gasteiger charge is 2.19. The van der Waals surface area contributed by atoms with Crippen LogP contribution < -0.4 is 10.2 Å². The fourth-order valence-electron chi connectivity index (χ4n) is 3.48. The summed E-state index contributed by atoms with van der Waals surface area (Å²) in [5, 5.41) is 2.96. The number of fused-ring (bicyclic) bond motifs is 1. The molecule has 0 saturated carbocycles. The highest BCUT2D eigenvalue weighted by atomic mass is 32.2. The third-order valence-electron chi connectivity index (χ3n) is 4.86. The Balaban J connectivity index is 2.19. The third kappa shape index (κ3) is 4.86. The van der Waals surface area contributed by atoms with Gasteiger partial charge in [0.25, 0.3) is 0 Å². The van der Waals surface area contributed by atoms with Gasteiger partial charge in [-0.25, -0.2) is 9.37 Å². The van der Waals surface area contributed by atoms with Crippen LogP contribution in [0, 0.1) is 6.92 Å². The average Bonchev–Trinajstić information content (AvgIpc) is 2.97. The Morgan fingerprint density at radius 1 is 1.20 bits per heavy atom. The van der Waals surface area contributed by atoms with Gasteiger partial charge in [-0.2, -0.15) is 0 Å². The zero-order valence-corrected chi connectivity index (χ0v) is 19.3. The topological polar surface area (TPSA) is 36.3 Å². The van der Waals surface area contributed by atoms with Crippen molar-refractivity contribution in [2.45, 2.75) is 18.4 Å². The number of halogens is 1. The van der Waals surface area contributed by atoms with Gasteiger partial charge in [-0.15, -0.1) is 0 Å². The van der Waals surface area contributed by atoms with E-state index in [1.54, 1.807) is 18.0 Å². The van der Waals surface area contributed by atoms with Crippen LogP contribution in [0.25, 0.3) is 22.2 Å². The van der Waals surface area contributed by atoms with E-state index >= 15 is 0 Å². The Morgan fingerprint density at radius 3 is 2.63 bits per heavy atom. The Kier molecular flexibility index (Phi) is 7.18. The summed E-state index contributed by atoms with van der Waals surface area (Å²) in [5.74, 6) is 0.718. The Labute approximate surface area is 182 Å². The summed E-state index contributed by atoms with van der Waals surface area (Å²) in [4.78, 5) is 8.07. The molecule has 0 unspecified atom stereocenters. The molecule has 160 valence electrons. The van der Waals surface area contributed by atoms with Crippen LogP contribution in [0.4, 0.5) is 10.2 Å².